The summed E-state index contributed by atoms with van der Waals surface area (Å²) in [6.45, 7) is 1.94. The molecular formula is C11H19NO2S3. The highest BCUT2D eigenvalue weighted by Gasteiger charge is 2.00. The molecule has 1 aromatic rings. The van der Waals surface area contributed by atoms with Gasteiger partial charge in [-0.25, -0.2) is 8.42 Å². The number of thiophene rings is 1. The summed E-state index contributed by atoms with van der Waals surface area (Å²) in [6.07, 6.45) is 2.36. The Hall–Kier alpha value is -0.0400. The summed E-state index contributed by atoms with van der Waals surface area (Å²) < 4.78 is 21.7. The van der Waals surface area contributed by atoms with Crippen LogP contribution in [0.15, 0.2) is 17.5 Å². The molecule has 0 saturated heterocycles. The molecule has 0 aliphatic rings. The van der Waals surface area contributed by atoms with E-state index in [9.17, 15) is 8.42 Å². The van der Waals surface area contributed by atoms with Gasteiger partial charge in [-0.15, -0.1) is 11.3 Å². The largest absolute Gasteiger partial charge is 0.316 e. The topological polar surface area (TPSA) is 46.2 Å². The Labute approximate surface area is 112 Å². The molecule has 17 heavy (non-hydrogen) atoms. The van der Waals surface area contributed by atoms with Gasteiger partial charge in [-0.05, 0) is 24.4 Å². The van der Waals surface area contributed by atoms with Crippen molar-refractivity contribution in [2.24, 2.45) is 0 Å². The molecule has 0 saturated carbocycles. The molecule has 0 radical (unpaired) electrons. The zero-order valence-electron chi connectivity index (χ0n) is 10.0. The number of sulfone groups is 1. The van der Waals surface area contributed by atoms with Crippen LogP contribution in [-0.4, -0.2) is 45.0 Å². The van der Waals surface area contributed by atoms with Crippen molar-refractivity contribution in [1.29, 1.82) is 0 Å². The minimum atomic E-state index is -2.79. The van der Waals surface area contributed by atoms with Crippen molar-refractivity contribution in [3.05, 3.63) is 22.4 Å². The van der Waals surface area contributed by atoms with Crippen LogP contribution in [0.1, 0.15) is 4.88 Å². The first kappa shape index (κ1) is 15.0. The molecule has 0 unspecified atom stereocenters. The Kier molecular flexibility index (Phi) is 7.18. The average Bonchev–Trinajstić information content (AvgIpc) is 2.73. The first-order valence-electron chi connectivity index (χ1n) is 5.56. The monoisotopic (exact) mass is 293 g/mol. The molecule has 0 fully saturated rings. The molecule has 98 valence electrons. The van der Waals surface area contributed by atoms with Crippen LogP contribution in [0.3, 0.4) is 0 Å². The van der Waals surface area contributed by atoms with Crippen LogP contribution in [0.5, 0.6) is 0 Å². The van der Waals surface area contributed by atoms with Crippen LogP contribution >= 0.6 is 23.1 Å². The van der Waals surface area contributed by atoms with Gasteiger partial charge in [-0.1, -0.05) is 6.07 Å². The predicted molar refractivity (Wildman–Crippen MR) is 77.9 cm³/mol. The number of hydrogen-bond donors (Lipinski definition) is 1. The van der Waals surface area contributed by atoms with Crippen LogP contribution in [0.2, 0.25) is 0 Å². The Morgan fingerprint density at radius 2 is 2.18 bits per heavy atom. The van der Waals surface area contributed by atoms with Gasteiger partial charge in [-0.3, -0.25) is 0 Å². The maximum atomic E-state index is 10.9. The second-order valence-corrected chi connectivity index (χ2v) is 8.34. The molecule has 1 aromatic heterocycles. The second-order valence-electron chi connectivity index (χ2n) is 3.82. The molecule has 0 aliphatic heterocycles. The van der Waals surface area contributed by atoms with Gasteiger partial charge in [0.05, 0.1) is 5.75 Å². The van der Waals surface area contributed by atoms with E-state index in [0.29, 0.717) is 5.75 Å². The first-order chi connectivity index (χ1) is 8.08. The van der Waals surface area contributed by atoms with Crippen molar-refractivity contribution in [2.75, 3.05) is 36.6 Å². The van der Waals surface area contributed by atoms with Gasteiger partial charge in [0.25, 0.3) is 0 Å². The summed E-state index contributed by atoms with van der Waals surface area (Å²) in [4.78, 5) is 1.40. The van der Waals surface area contributed by atoms with Crippen molar-refractivity contribution in [3.63, 3.8) is 0 Å². The molecule has 1 heterocycles. The summed E-state index contributed by atoms with van der Waals surface area (Å²) >= 11 is 3.47. The Morgan fingerprint density at radius 3 is 2.82 bits per heavy atom. The van der Waals surface area contributed by atoms with Gasteiger partial charge < -0.3 is 5.32 Å². The summed E-state index contributed by atoms with van der Waals surface area (Å²) in [5.41, 5.74) is 0. The second kappa shape index (κ2) is 8.13. The lowest BCUT2D eigenvalue weighted by Crippen LogP contribution is -2.20. The van der Waals surface area contributed by atoms with Crippen molar-refractivity contribution in [2.45, 2.75) is 6.42 Å². The molecule has 0 aromatic carbocycles. The maximum absolute atomic E-state index is 10.9. The minimum absolute atomic E-state index is 0.285. The molecule has 0 atom stereocenters. The fourth-order valence-corrected chi connectivity index (χ4v) is 4.13. The van der Waals surface area contributed by atoms with Crippen molar-refractivity contribution < 1.29 is 8.42 Å². The van der Waals surface area contributed by atoms with E-state index >= 15 is 0 Å². The van der Waals surface area contributed by atoms with Crippen molar-refractivity contribution >= 4 is 32.9 Å². The van der Waals surface area contributed by atoms with Gasteiger partial charge in [0, 0.05) is 29.2 Å². The molecule has 3 nitrogen and oxygen atoms in total. The van der Waals surface area contributed by atoms with Crippen LogP contribution < -0.4 is 5.32 Å². The van der Waals surface area contributed by atoms with Gasteiger partial charge in [0.1, 0.15) is 9.84 Å². The lowest BCUT2D eigenvalue weighted by Gasteiger charge is -2.03. The van der Waals surface area contributed by atoms with Crippen molar-refractivity contribution in [1.82, 2.24) is 5.32 Å². The summed E-state index contributed by atoms with van der Waals surface area (Å²) in [5, 5.41) is 5.45. The molecule has 1 rings (SSSR count). The van der Waals surface area contributed by atoms with Crippen molar-refractivity contribution in [3.8, 4) is 0 Å². The normalized spacial score (nSPS) is 11.8. The highest BCUT2D eigenvalue weighted by Crippen LogP contribution is 2.08. The smallest absolute Gasteiger partial charge is 0.148 e. The van der Waals surface area contributed by atoms with Gasteiger partial charge in [0.2, 0.25) is 0 Å². The van der Waals surface area contributed by atoms with Crippen LogP contribution in [0, 0.1) is 0 Å². The third-order valence-electron chi connectivity index (χ3n) is 2.15. The maximum Gasteiger partial charge on any atom is 0.148 e. The van der Waals surface area contributed by atoms with Gasteiger partial charge >= 0.3 is 0 Å². The lowest BCUT2D eigenvalue weighted by atomic mass is 10.3. The van der Waals surface area contributed by atoms with E-state index in [1.54, 1.807) is 23.1 Å². The van der Waals surface area contributed by atoms with E-state index in [1.807, 2.05) is 0 Å². The number of hydrogen-bond acceptors (Lipinski definition) is 5. The van der Waals surface area contributed by atoms with E-state index in [-0.39, 0.29) is 5.75 Å². The molecule has 0 spiro atoms. The number of thioether (sulfide) groups is 1. The van der Waals surface area contributed by atoms with E-state index in [0.717, 1.165) is 25.3 Å². The summed E-state index contributed by atoms with van der Waals surface area (Å²) in [5.74, 6) is 1.96. The highest BCUT2D eigenvalue weighted by molar-refractivity contribution is 8.00. The molecule has 0 amide bonds. The average molecular weight is 293 g/mol. The third-order valence-corrected chi connectivity index (χ3v) is 5.28. The van der Waals surface area contributed by atoms with Crippen LogP contribution in [0.4, 0.5) is 0 Å². The predicted octanol–water partition coefficient (Wildman–Crippen LogP) is 1.66. The highest BCUT2D eigenvalue weighted by atomic mass is 32.2. The minimum Gasteiger partial charge on any atom is -0.316 e. The summed E-state index contributed by atoms with van der Waals surface area (Å²) in [6, 6.07) is 4.22. The van der Waals surface area contributed by atoms with Crippen LogP contribution in [-0.2, 0) is 16.3 Å². The van der Waals surface area contributed by atoms with E-state index in [4.69, 9.17) is 0 Å². The molecular weight excluding hydrogens is 274 g/mol. The van der Waals surface area contributed by atoms with Crippen LogP contribution in [0.25, 0.3) is 0 Å². The van der Waals surface area contributed by atoms with E-state index in [2.05, 4.69) is 22.8 Å². The Balaban J connectivity index is 1.88. The molecule has 1 N–H and O–H groups in total. The quantitative estimate of drug-likeness (QED) is 0.703. The standard InChI is InChI=1S/C11H19NO2S3/c1-17(13,14)10-9-15-8-6-12-5-4-11-3-2-7-16-11/h2-3,7,12H,4-6,8-10H2,1H3. The number of rotatable bonds is 9. The Bertz CT molecular complexity index is 387. The molecule has 6 heteroatoms. The zero-order chi connectivity index (χ0) is 12.6. The third kappa shape index (κ3) is 8.65. The molecule has 0 aliphatic carbocycles. The SMILES string of the molecule is CS(=O)(=O)CCSCCNCCc1cccs1. The number of nitrogens with one attached hydrogen (secondary N) is 1. The van der Waals surface area contributed by atoms with E-state index in [1.165, 1.54) is 11.1 Å². The fourth-order valence-electron chi connectivity index (χ4n) is 1.25. The van der Waals surface area contributed by atoms with Gasteiger partial charge in [0.15, 0.2) is 0 Å². The first-order valence-corrected chi connectivity index (χ1v) is 9.66. The lowest BCUT2D eigenvalue weighted by molar-refractivity contribution is 0.603. The fraction of sp³-hybridized carbons (Fsp3) is 0.636. The molecule has 0 bridgehead atoms. The summed E-state index contributed by atoms with van der Waals surface area (Å²) in [7, 11) is -2.79. The zero-order valence-corrected chi connectivity index (χ0v) is 12.5. The van der Waals surface area contributed by atoms with E-state index < -0.39 is 9.84 Å². The van der Waals surface area contributed by atoms with Gasteiger partial charge in [-0.2, -0.15) is 11.8 Å². The Morgan fingerprint density at radius 1 is 1.35 bits per heavy atom.